The van der Waals surface area contributed by atoms with Crippen LogP contribution in [0.15, 0.2) is 18.2 Å². The summed E-state index contributed by atoms with van der Waals surface area (Å²) in [5, 5.41) is 2.88. The van der Waals surface area contributed by atoms with Crippen molar-refractivity contribution in [2.24, 2.45) is 11.7 Å². The van der Waals surface area contributed by atoms with Crippen LogP contribution in [0.2, 0.25) is 0 Å². The Morgan fingerprint density at radius 2 is 1.91 bits per heavy atom. The normalized spacial score (nSPS) is 14.7. The molecule has 0 saturated heterocycles. The molecule has 22 heavy (non-hydrogen) atoms. The number of carbonyl (C=O) groups excluding carboxylic acids is 1. The maximum Gasteiger partial charge on any atom is 0.251 e. The molecule has 0 aromatic heterocycles. The molecular weight excluding hydrogens is 304 g/mol. The van der Waals surface area contributed by atoms with Gasteiger partial charge in [0.25, 0.3) is 5.91 Å². The molecule has 1 saturated carbocycles. The molecule has 0 spiro atoms. The van der Waals surface area contributed by atoms with Crippen molar-refractivity contribution in [3.8, 4) is 11.5 Å². The summed E-state index contributed by atoms with van der Waals surface area (Å²) in [6.45, 7) is 5.41. The van der Waals surface area contributed by atoms with Crippen LogP contribution >= 0.6 is 12.4 Å². The van der Waals surface area contributed by atoms with E-state index < -0.39 is 0 Å². The van der Waals surface area contributed by atoms with Gasteiger partial charge in [0.15, 0.2) is 11.5 Å². The molecule has 0 bridgehead atoms. The van der Waals surface area contributed by atoms with E-state index in [1.54, 1.807) is 18.2 Å². The van der Waals surface area contributed by atoms with Crippen molar-refractivity contribution in [3.05, 3.63) is 23.8 Å². The van der Waals surface area contributed by atoms with Crippen molar-refractivity contribution in [1.82, 2.24) is 5.32 Å². The summed E-state index contributed by atoms with van der Waals surface area (Å²) < 4.78 is 11.0. The first-order valence-corrected chi connectivity index (χ1v) is 7.59. The van der Waals surface area contributed by atoms with E-state index in [1.165, 1.54) is 12.8 Å². The SMILES string of the molecule is CCOc1ccc(C(=O)NCC(N)C2CC2)cc1OCC.Cl. The molecule has 5 nitrogen and oxygen atoms in total. The third-order valence-corrected chi connectivity index (χ3v) is 3.53. The predicted molar refractivity (Wildman–Crippen MR) is 89.1 cm³/mol. The maximum atomic E-state index is 12.2. The minimum Gasteiger partial charge on any atom is -0.490 e. The molecule has 1 amide bonds. The van der Waals surface area contributed by atoms with Gasteiger partial charge in [0, 0.05) is 18.2 Å². The Bertz CT molecular complexity index is 492. The van der Waals surface area contributed by atoms with Gasteiger partial charge in [0.1, 0.15) is 0 Å². The van der Waals surface area contributed by atoms with Gasteiger partial charge < -0.3 is 20.5 Å². The van der Waals surface area contributed by atoms with E-state index in [2.05, 4.69) is 5.32 Å². The fourth-order valence-corrected chi connectivity index (χ4v) is 2.20. The second-order valence-electron chi connectivity index (χ2n) is 5.24. The minimum absolute atomic E-state index is 0. The quantitative estimate of drug-likeness (QED) is 0.768. The molecule has 1 unspecified atom stereocenters. The average Bonchev–Trinajstić information content (AvgIpc) is 3.31. The van der Waals surface area contributed by atoms with Gasteiger partial charge in [0.2, 0.25) is 0 Å². The number of hydrogen-bond acceptors (Lipinski definition) is 4. The van der Waals surface area contributed by atoms with Gasteiger partial charge in [-0.1, -0.05) is 0 Å². The molecule has 3 N–H and O–H groups in total. The highest BCUT2D eigenvalue weighted by atomic mass is 35.5. The third-order valence-electron chi connectivity index (χ3n) is 3.53. The van der Waals surface area contributed by atoms with Gasteiger partial charge in [-0.05, 0) is 50.8 Å². The molecule has 1 fully saturated rings. The van der Waals surface area contributed by atoms with Crippen molar-refractivity contribution in [1.29, 1.82) is 0 Å². The topological polar surface area (TPSA) is 73.6 Å². The fourth-order valence-electron chi connectivity index (χ4n) is 2.20. The fraction of sp³-hybridized carbons (Fsp3) is 0.562. The standard InChI is InChI=1S/C16H24N2O3.ClH/c1-3-20-14-8-7-12(9-15(14)21-4-2)16(19)18-10-13(17)11-5-6-11;/h7-9,11,13H,3-6,10,17H2,1-2H3,(H,18,19);1H. The zero-order valence-electron chi connectivity index (χ0n) is 13.1. The lowest BCUT2D eigenvalue weighted by Gasteiger charge is -2.14. The zero-order chi connectivity index (χ0) is 15.2. The number of ether oxygens (including phenoxy) is 2. The van der Waals surface area contributed by atoms with Gasteiger partial charge in [-0.15, -0.1) is 12.4 Å². The average molecular weight is 329 g/mol. The lowest BCUT2D eigenvalue weighted by atomic mass is 10.1. The molecule has 6 heteroatoms. The summed E-state index contributed by atoms with van der Waals surface area (Å²) in [7, 11) is 0. The Morgan fingerprint density at radius 3 is 2.50 bits per heavy atom. The third kappa shape index (κ3) is 5.07. The van der Waals surface area contributed by atoms with Crippen molar-refractivity contribution in [2.75, 3.05) is 19.8 Å². The first kappa shape index (κ1) is 18.6. The summed E-state index contributed by atoms with van der Waals surface area (Å²) in [5.41, 5.74) is 6.55. The summed E-state index contributed by atoms with van der Waals surface area (Å²) in [6.07, 6.45) is 2.35. The van der Waals surface area contributed by atoms with Crippen LogP contribution in [0.1, 0.15) is 37.0 Å². The highest BCUT2D eigenvalue weighted by molar-refractivity contribution is 5.94. The van der Waals surface area contributed by atoms with Gasteiger partial charge in [-0.25, -0.2) is 0 Å². The van der Waals surface area contributed by atoms with Crippen LogP contribution in [0.5, 0.6) is 11.5 Å². The largest absolute Gasteiger partial charge is 0.490 e. The first-order chi connectivity index (χ1) is 10.2. The molecular formula is C16H25ClN2O3. The van der Waals surface area contributed by atoms with Gasteiger partial charge in [-0.3, -0.25) is 4.79 Å². The molecule has 0 aliphatic heterocycles. The summed E-state index contributed by atoms with van der Waals surface area (Å²) in [5.74, 6) is 1.70. The minimum atomic E-state index is -0.130. The number of carbonyl (C=O) groups is 1. The van der Waals surface area contributed by atoms with E-state index >= 15 is 0 Å². The van der Waals surface area contributed by atoms with E-state index in [0.29, 0.717) is 42.7 Å². The lowest BCUT2D eigenvalue weighted by molar-refractivity contribution is 0.0949. The highest BCUT2D eigenvalue weighted by Gasteiger charge is 2.28. The van der Waals surface area contributed by atoms with Crippen molar-refractivity contribution in [3.63, 3.8) is 0 Å². The van der Waals surface area contributed by atoms with Gasteiger partial charge in [0.05, 0.1) is 13.2 Å². The van der Waals surface area contributed by atoms with E-state index in [9.17, 15) is 4.79 Å². The second-order valence-corrected chi connectivity index (χ2v) is 5.24. The van der Waals surface area contributed by atoms with Crippen molar-refractivity contribution in [2.45, 2.75) is 32.7 Å². The van der Waals surface area contributed by atoms with Crippen LogP contribution in [0.4, 0.5) is 0 Å². The van der Waals surface area contributed by atoms with E-state index in [0.717, 1.165) is 0 Å². The summed E-state index contributed by atoms with van der Waals surface area (Å²) in [6, 6.07) is 5.28. The van der Waals surface area contributed by atoms with E-state index in [1.807, 2.05) is 13.8 Å². The zero-order valence-corrected chi connectivity index (χ0v) is 13.9. The molecule has 124 valence electrons. The molecule has 0 radical (unpaired) electrons. The monoisotopic (exact) mass is 328 g/mol. The van der Waals surface area contributed by atoms with E-state index in [4.69, 9.17) is 15.2 Å². The Labute approximate surface area is 138 Å². The molecule has 1 aromatic carbocycles. The molecule has 1 aliphatic rings. The molecule has 2 rings (SSSR count). The van der Waals surface area contributed by atoms with Crippen molar-refractivity contribution >= 4 is 18.3 Å². The van der Waals surface area contributed by atoms with Crippen LogP contribution < -0.4 is 20.5 Å². The van der Waals surface area contributed by atoms with Crippen LogP contribution in [0.3, 0.4) is 0 Å². The Balaban J connectivity index is 0.00000242. The number of nitrogens with one attached hydrogen (secondary N) is 1. The number of hydrogen-bond donors (Lipinski definition) is 2. The molecule has 1 aromatic rings. The number of amides is 1. The smallest absolute Gasteiger partial charge is 0.251 e. The van der Waals surface area contributed by atoms with E-state index in [-0.39, 0.29) is 24.4 Å². The highest BCUT2D eigenvalue weighted by Crippen LogP contribution is 2.31. The van der Waals surface area contributed by atoms with Gasteiger partial charge in [-0.2, -0.15) is 0 Å². The number of rotatable bonds is 8. The predicted octanol–water partition coefficient (Wildman–Crippen LogP) is 2.37. The molecule has 0 heterocycles. The van der Waals surface area contributed by atoms with Gasteiger partial charge >= 0.3 is 0 Å². The molecule has 1 atom stereocenters. The summed E-state index contributed by atoms with van der Waals surface area (Å²) in [4.78, 5) is 12.2. The van der Waals surface area contributed by atoms with Crippen LogP contribution in [-0.4, -0.2) is 31.7 Å². The number of benzene rings is 1. The van der Waals surface area contributed by atoms with Crippen LogP contribution in [0.25, 0.3) is 0 Å². The Hall–Kier alpha value is -1.46. The summed E-state index contributed by atoms with van der Waals surface area (Å²) >= 11 is 0. The van der Waals surface area contributed by atoms with Crippen LogP contribution in [-0.2, 0) is 0 Å². The lowest BCUT2D eigenvalue weighted by Crippen LogP contribution is -2.38. The first-order valence-electron chi connectivity index (χ1n) is 7.59. The number of nitrogens with two attached hydrogens (primary N) is 1. The Morgan fingerprint density at radius 1 is 1.27 bits per heavy atom. The maximum absolute atomic E-state index is 12.2. The number of halogens is 1. The second kappa shape index (κ2) is 8.86. The van der Waals surface area contributed by atoms with Crippen LogP contribution in [0, 0.1) is 5.92 Å². The molecule has 1 aliphatic carbocycles. The van der Waals surface area contributed by atoms with Crippen molar-refractivity contribution < 1.29 is 14.3 Å². The Kier molecular flexibility index (Phi) is 7.48.